The molecule has 1 atom stereocenters. The van der Waals surface area contributed by atoms with E-state index in [1.807, 2.05) is 20.2 Å². The molecule has 1 aromatic carbocycles. The molecular formula is C16H24BrClN2O. The molecule has 1 fully saturated rings. The van der Waals surface area contributed by atoms with Crippen molar-refractivity contribution in [2.75, 3.05) is 33.8 Å². The number of halogens is 2. The van der Waals surface area contributed by atoms with Gasteiger partial charge in [-0.15, -0.1) is 0 Å². The van der Waals surface area contributed by atoms with Crippen LogP contribution in [0.4, 0.5) is 0 Å². The molecule has 1 N–H and O–H groups in total. The van der Waals surface area contributed by atoms with Gasteiger partial charge in [0.2, 0.25) is 0 Å². The Morgan fingerprint density at radius 2 is 2.14 bits per heavy atom. The van der Waals surface area contributed by atoms with Gasteiger partial charge in [-0.2, -0.15) is 0 Å². The lowest BCUT2D eigenvalue weighted by atomic mass is 10.0. The number of ether oxygens (including phenoxy) is 1. The lowest BCUT2D eigenvalue weighted by Crippen LogP contribution is -2.38. The maximum Gasteiger partial charge on any atom is 0.0595 e. The summed E-state index contributed by atoms with van der Waals surface area (Å²) in [6.45, 7) is 3.35. The van der Waals surface area contributed by atoms with Crippen molar-refractivity contribution < 1.29 is 4.74 Å². The molecule has 0 bridgehead atoms. The number of benzene rings is 1. The van der Waals surface area contributed by atoms with Gasteiger partial charge in [0.25, 0.3) is 0 Å². The number of nitrogens with one attached hydrogen (secondary N) is 1. The summed E-state index contributed by atoms with van der Waals surface area (Å²) in [5.41, 5.74) is 1.18. The van der Waals surface area contributed by atoms with Gasteiger partial charge in [0.15, 0.2) is 0 Å². The van der Waals surface area contributed by atoms with Gasteiger partial charge in [-0.1, -0.05) is 33.6 Å². The van der Waals surface area contributed by atoms with E-state index < -0.39 is 0 Å². The molecular weight excluding hydrogens is 352 g/mol. The topological polar surface area (TPSA) is 24.5 Å². The first kappa shape index (κ1) is 17.2. The molecule has 0 aromatic heterocycles. The minimum Gasteiger partial charge on any atom is -0.381 e. The first-order valence-corrected chi connectivity index (χ1v) is 8.68. The summed E-state index contributed by atoms with van der Waals surface area (Å²) in [5.74, 6) is 0. The van der Waals surface area contributed by atoms with Gasteiger partial charge in [-0.25, -0.2) is 0 Å². The second-order valence-corrected chi connectivity index (χ2v) is 6.90. The summed E-state index contributed by atoms with van der Waals surface area (Å²) in [6, 6.07) is 6.41. The summed E-state index contributed by atoms with van der Waals surface area (Å²) < 4.78 is 6.44. The third-order valence-electron chi connectivity index (χ3n) is 4.29. The third kappa shape index (κ3) is 4.93. The highest BCUT2D eigenvalue weighted by atomic mass is 79.9. The van der Waals surface area contributed by atoms with Gasteiger partial charge in [-0.3, -0.25) is 0 Å². The van der Waals surface area contributed by atoms with Crippen molar-refractivity contribution in [2.45, 2.75) is 31.4 Å². The molecule has 118 valence electrons. The molecule has 0 radical (unpaired) electrons. The fourth-order valence-electron chi connectivity index (χ4n) is 2.92. The Labute approximate surface area is 141 Å². The van der Waals surface area contributed by atoms with Crippen molar-refractivity contribution in [3.05, 3.63) is 33.3 Å². The van der Waals surface area contributed by atoms with Crippen LogP contribution in [0.15, 0.2) is 22.7 Å². The van der Waals surface area contributed by atoms with Gasteiger partial charge < -0.3 is 15.0 Å². The van der Waals surface area contributed by atoms with Crippen molar-refractivity contribution in [1.82, 2.24) is 10.2 Å². The van der Waals surface area contributed by atoms with Crippen LogP contribution in [0.25, 0.3) is 0 Å². The fourth-order valence-corrected chi connectivity index (χ4v) is 3.72. The van der Waals surface area contributed by atoms with E-state index in [2.05, 4.69) is 38.3 Å². The van der Waals surface area contributed by atoms with Crippen LogP contribution in [0.5, 0.6) is 0 Å². The Kier molecular flexibility index (Phi) is 6.96. The zero-order valence-corrected chi connectivity index (χ0v) is 15.1. The SMILES string of the molecule is CNC(CCN1CCC(OC)CC1)c1ccc(Br)cc1Cl. The zero-order chi connectivity index (χ0) is 15.2. The molecule has 1 aliphatic rings. The van der Waals surface area contributed by atoms with E-state index in [9.17, 15) is 0 Å². The van der Waals surface area contributed by atoms with Gasteiger partial charge in [0, 0.05) is 35.7 Å². The maximum absolute atomic E-state index is 6.36. The molecule has 1 aromatic rings. The van der Waals surface area contributed by atoms with Crippen LogP contribution in [0.2, 0.25) is 5.02 Å². The number of rotatable bonds is 6. The summed E-state index contributed by atoms with van der Waals surface area (Å²) in [5, 5.41) is 4.21. The minimum absolute atomic E-state index is 0.297. The lowest BCUT2D eigenvalue weighted by Gasteiger charge is -2.32. The highest BCUT2D eigenvalue weighted by molar-refractivity contribution is 9.10. The van der Waals surface area contributed by atoms with E-state index in [0.717, 1.165) is 48.4 Å². The van der Waals surface area contributed by atoms with Crippen LogP contribution >= 0.6 is 27.5 Å². The van der Waals surface area contributed by atoms with E-state index in [-0.39, 0.29) is 0 Å². The molecule has 0 spiro atoms. The van der Waals surface area contributed by atoms with E-state index in [0.29, 0.717) is 12.1 Å². The number of likely N-dealkylation sites (tertiary alicyclic amines) is 1. The van der Waals surface area contributed by atoms with E-state index in [1.54, 1.807) is 0 Å². The number of hydrogen-bond acceptors (Lipinski definition) is 3. The predicted octanol–water partition coefficient (Wildman–Crippen LogP) is 3.86. The largest absolute Gasteiger partial charge is 0.381 e. The molecule has 0 saturated carbocycles. The summed E-state index contributed by atoms with van der Waals surface area (Å²) in [6.07, 6.45) is 3.79. The van der Waals surface area contributed by atoms with E-state index in [1.165, 1.54) is 5.56 Å². The summed E-state index contributed by atoms with van der Waals surface area (Å²) >= 11 is 9.82. The van der Waals surface area contributed by atoms with Crippen molar-refractivity contribution in [3.63, 3.8) is 0 Å². The highest BCUT2D eigenvalue weighted by Crippen LogP contribution is 2.28. The molecule has 5 heteroatoms. The summed E-state index contributed by atoms with van der Waals surface area (Å²) in [7, 11) is 3.81. The third-order valence-corrected chi connectivity index (χ3v) is 5.11. The molecule has 1 unspecified atom stereocenters. The molecule has 1 saturated heterocycles. The van der Waals surface area contributed by atoms with Crippen LogP contribution in [-0.4, -0.2) is 44.8 Å². The van der Waals surface area contributed by atoms with Crippen LogP contribution in [0.3, 0.4) is 0 Å². The first-order chi connectivity index (χ1) is 10.1. The smallest absolute Gasteiger partial charge is 0.0595 e. The zero-order valence-electron chi connectivity index (χ0n) is 12.7. The molecule has 0 aliphatic carbocycles. The highest BCUT2D eigenvalue weighted by Gasteiger charge is 2.20. The number of nitrogens with zero attached hydrogens (tertiary/aromatic N) is 1. The van der Waals surface area contributed by atoms with Gasteiger partial charge in [0.1, 0.15) is 0 Å². The number of methoxy groups -OCH3 is 1. The Balaban J connectivity index is 1.88. The molecule has 2 rings (SSSR count). The second-order valence-electron chi connectivity index (χ2n) is 5.57. The van der Waals surface area contributed by atoms with Crippen LogP contribution in [0, 0.1) is 0 Å². The Morgan fingerprint density at radius 1 is 1.43 bits per heavy atom. The standard InChI is InChI=1S/C16H24BrClN2O/c1-19-16(14-4-3-12(17)11-15(14)18)7-10-20-8-5-13(21-2)6-9-20/h3-4,11,13,16,19H,5-10H2,1-2H3. The van der Waals surface area contributed by atoms with E-state index >= 15 is 0 Å². The normalized spacial score (nSPS) is 18.9. The van der Waals surface area contributed by atoms with Crippen molar-refractivity contribution >= 4 is 27.5 Å². The average molecular weight is 376 g/mol. The van der Waals surface area contributed by atoms with Gasteiger partial charge in [-0.05, 0) is 50.6 Å². The quantitative estimate of drug-likeness (QED) is 0.817. The fraction of sp³-hybridized carbons (Fsp3) is 0.625. The Morgan fingerprint density at radius 3 is 2.71 bits per heavy atom. The molecule has 1 aliphatic heterocycles. The van der Waals surface area contributed by atoms with Crippen molar-refractivity contribution in [3.8, 4) is 0 Å². The van der Waals surface area contributed by atoms with Crippen LogP contribution in [0.1, 0.15) is 30.9 Å². The van der Waals surface area contributed by atoms with Crippen LogP contribution < -0.4 is 5.32 Å². The predicted molar refractivity (Wildman–Crippen MR) is 92.0 cm³/mol. The average Bonchev–Trinajstić information content (AvgIpc) is 2.50. The molecule has 21 heavy (non-hydrogen) atoms. The van der Waals surface area contributed by atoms with Crippen molar-refractivity contribution in [2.24, 2.45) is 0 Å². The molecule has 0 amide bonds. The second kappa shape index (κ2) is 8.49. The number of hydrogen-bond donors (Lipinski definition) is 1. The Hall–Kier alpha value is -0.130. The Bertz CT molecular complexity index is 450. The van der Waals surface area contributed by atoms with Gasteiger partial charge in [0.05, 0.1) is 6.10 Å². The first-order valence-electron chi connectivity index (χ1n) is 7.51. The van der Waals surface area contributed by atoms with Gasteiger partial charge >= 0.3 is 0 Å². The number of piperidine rings is 1. The lowest BCUT2D eigenvalue weighted by molar-refractivity contribution is 0.0401. The van der Waals surface area contributed by atoms with Crippen LogP contribution in [-0.2, 0) is 4.74 Å². The monoisotopic (exact) mass is 374 g/mol. The summed E-state index contributed by atoms with van der Waals surface area (Å²) in [4.78, 5) is 2.52. The van der Waals surface area contributed by atoms with E-state index in [4.69, 9.17) is 16.3 Å². The molecule has 1 heterocycles. The van der Waals surface area contributed by atoms with Crippen molar-refractivity contribution in [1.29, 1.82) is 0 Å². The molecule has 3 nitrogen and oxygen atoms in total. The minimum atomic E-state index is 0.297. The maximum atomic E-state index is 6.36.